The lowest BCUT2D eigenvalue weighted by Crippen LogP contribution is -2.37. The summed E-state index contributed by atoms with van der Waals surface area (Å²) < 4.78 is 10.9. The number of ether oxygens (including phenoxy) is 2. The third-order valence-corrected chi connectivity index (χ3v) is 5.06. The van der Waals surface area contributed by atoms with Gasteiger partial charge in [0.15, 0.2) is 5.82 Å². The summed E-state index contributed by atoms with van der Waals surface area (Å²) in [5, 5.41) is 3.05. The van der Waals surface area contributed by atoms with Gasteiger partial charge in [-0.05, 0) is 31.5 Å². The van der Waals surface area contributed by atoms with E-state index in [1.807, 2.05) is 25.1 Å². The fourth-order valence-corrected chi connectivity index (χ4v) is 3.74. The molecule has 0 unspecified atom stereocenters. The first kappa shape index (κ1) is 20.3. The highest BCUT2D eigenvalue weighted by molar-refractivity contribution is 5.98. The summed E-state index contributed by atoms with van der Waals surface area (Å²) in [5.41, 5.74) is 15.4. The molecule has 1 atom stereocenters. The van der Waals surface area contributed by atoms with Gasteiger partial charge in [0.2, 0.25) is 5.95 Å². The number of hydrogen-bond donors (Lipinski definition) is 3. The minimum absolute atomic E-state index is 0.144. The highest BCUT2D eigenvalue weighted by Crippen LogP contribution is 2.35. The maximum Gasteiger partial charge on any atom is 0.257 e. The number of nitrogens with one attached hydrogen (secondary N) is 1. The van der Waals surface area contributed by atoms with Gasteiger partial charge in [0.1, 0.15) is 5.75 Å². The fraction of sp³-hybridized carbons (Fsp3) is 0.286. The second kappa shape index (κ2) is 8.05. The lowest BCUT2D eigenvalue weighted by atomic mass is 9.90. The maximum atomic E-state index is 12.8. The van der Waals surface area contributed by atoms with Crippen LogP contribution in [0, 0.1) is 6.92 Å². The number of anilines is 2. The Kier molecular flexibility index (Phi) is 5.28. The summed E-state index contributed by atoms with van der Waals surface area (Å²) in [6, 6.07) is 5.26. The average molecular weight is 421 g/mol. The number of aromatic nitrogens is 4. The molecule has 1 aromatic carbocycles. The van der Waals surface area contributed by atoms with Crippen LogP contribution in [0.1, 0.15) is 40.3 Å². The maximum absolute atomic E-state index is 12.8. The number of benzene rings is 1. The predicted octanol–water partition coefficient (Wildman–Crippen LogP) is 1.84. The molecule has 0 saturated carbocycles. The number of amides is 1. The number of fused-ring (bicyclic) bond motifs is 1. The molecule has 0 fully saturated rings. The van der Waals surface area contributed by atoms with Crippen LogP contribution in [0.15, 0.2) is 24.4 Å². The normalized spacial score (nSPS) is 15.2. The molecule has 3 aromatic rings. The number of carbonyl (C=O) groups excluding carboxylic acids is 1. The molecule has 0 spiro atoms. The summed E-state index contributed by atoms with van der Waals surface area (Å²) in [7, 11) is 1.48. The Morgan fingerprint density at radius 2 is 2.03 bits per heavy atom. The van der Waals surface area contributed by atoms with Gasteiger partial charge in [-0.2, -0.15) is 0 Å². The Morgan fingerprint density at radius 3 is 2.77 bits per heavy atom. The van der Waals surface area contributed by atoms with Crippen molar-refractivity contribution in [2.45, 2.75) is 26.3 Å². The third kappa shape index (κ3) is 3.79. The quantitative estimate of drug-likeness (QED) is 0.560. The SMILES string of the molecule is CCOc1ccc([C@H]2Cc3nc(N)nc(C)c3C(=O)N2)c(-c2cnc(N)c(OC)n2)c1. The van der Waals surface area contributed by atoms with Crippen molar-refractivity contribution in [2.24, 2.45) is 0 Å². The topological polar surface area (TPSA) is 151 Å². The minimum Gasteiger partial charge on any atom is -0.494 e. The number of methoxy groups -OCH3 is 1. The van der Waals surface area contributed by atoms with Crippen LogP contribution >= 0.6 is 0 Å². The lowest BCUT2D eigenvalue weighted by molar-refractivity contribution is 0.0922. The highest BCUT2D eigenvalue weighted by atomic mass is 16.5. The summed E-state index contributed by atoms with van der Waals surface area (Å²) in [4.78, 5) is 29.9. The Morgan fingerprint density at radius 1 is 1.23 bits per heavy atom. The van der Waals surface area contributed by atoms with E-state index in [1.54, 1.807) is 13.1 Å². The molecule has 1 aliphatic heterocycles. The van der Waals surface area contributed by atoms with Crippen molar-refractivity contribution < 1.29 is 14.3 Å². The van der Waals surface area contributed by atoms with Crippen LogP contribution in [0.4, 0.5) is 11.8 Å². The molecule has 160 valence electrons. The molecule has 3 heterocycles. The minimum atomic E-state index is -0.357. The van der Waals surface area contributed by atoms with Gasteiger partial charge in [0.05, 0.1) is 48.6 Å². The first-order chi connectivity index (χ1) is 14.9. The zero-order chi connectivity index (χ0) is 22.1. The van der Waals surface area contributed by atoms with Crippen LogP contribution in [0.3, 0.4) is 0 Å². The molecule has 5 N–H and O–H groups in total. The first-order valence-electron chi connectivity index (χ1n) is 9.78. The van der Waals surface area contributed by atoms with Crippen molar-refractivity contribution >= 4 is 17.7 Å². The van der Waals surface area contributed by atoms with Crippen LogP contribution in [0.25, 0.3) is 11.3 Å². The Labute approximate surface area is 179 Å². The van der Waals surface area contributed by atoms with Crippen molar-refractivity contribution in [2.75, 3.05) is 25.2 Å². The molecule has 0 saturated heterocycles. The van der Waals surface area contributed by atoms with Crippen molar-refractivity contribution in [3.05, 3.63) is 46.9 Å². The van der Waals surface area contributed by atoms with Crippen LogP contribution in [0.5, 0.6) is 11.6 Å². The third-order valence-electron chi connectivity index (χ3n) is 5.06. The molecule has 2 aromatic heterocycles. The van der Waals surface area contributed by atoms with E-state index >= 15 is 0 Å². The summed E-state index contributed by atoms with van der Waals surface area (Å²) in [6.45, 7) is 4.16. The van der Waals surface area contributed by atoms with Gasteiger partial charge in [0.25, 0.3) is 11.8 Å². The number of carbonyl (C=O) groups is 1. The Hall–Kier alpha value is -3.95. The molecule has 31 heavy (non-hydrogen) atoms. The molecule has 10 nitrogen and oxygen atoms in total. The van der Waals surface area contributed by atoms with E-state index in [2.05, 4.69) is 25.3 Å². The highest BCUT2D eigenvalue weighted by Gasteiger charge is 2.31. The Balaban J connectivity index is 1.82. The molecule has 0 aliphatic carbocycles. The van der Waals surface area contributed by atoms with Crippen molar-refractivity contribution in [3.8, 4) is 22.9 Å². The van der Waals surface area contributed by atoms with Crippen LogP contribution < -0.4 is 26.3 Å². The van der Waals surface area contributed by atoms with E-state index in [0.717, 1.165) is 11.1 Å². The zero-order valence-corrected chi connectivity index (χ0v) is 17.5. The van der Waals surface area contributed by atoms with E-state index in [4.69, 9.17) is 20.9 Å². The smallest absolute Gasteiger partial charge is 0.257 e. The Bertz CT molecular complexity index is 1170. The molecular weight excluding hydrogens is 398 g/mol. The molecule has 1 aliphatic rings. The van der Waals surface area contributed by atoms with Crippen molar-refractivity contribution in [1.82, 2.24) is 25.3 Å². The molecule has 1 amide bonds. The second-order valence-electron chi connectivity index (χ2n) is 7.05. The number of nitrogens with zero attached hydrogens (tertiary/aromatic N) is 4. The van der Waals surface area contributed by atoms with Gasteiger partial charge in [-0.3, -0.25) is 4.79 Å². The number of hydrogen-bond acceptors (Lipinski definition) is 9. The zero-order valence-electron chi connectivity index (χ0n) is 17.5. The first-order valence-corrected chi connectivity index (χ1v) is 9.78. The summed E-state index contributed by atoms with van der Waals surface area (Å²) in [6.07, 6.45) is 2.02. The molecule has 0 radical (unpaired) electrons. The molecule has 0 bridgehead atoms. The van der Waals surface area contributed by atoms with E-state index in [1.165, 1.54) is 7.11 Å². The van der Waals surface area contributed by atoms with Crippen molar-refractivity contribution in [1.29, 1.82) is 0 Å². The van der Waals surface area contributed by atoms with E-state index in [0.29, 0.717) is 41.4 Å². The van der Waals surface area contributed by atoms with E-state index in [-0.39, 0.29) is 29.6 Å². The largest absolute Gasteiger partial charge is 0.494 e. The number of aryl methyl sites for hydroxylation is 1. The number of nitrogens with two attached hydrogens (primary N) is 2. The van der Waals surface area contributed by atoms with Gasteiger partial charge < -0.3 is 26.3 Å². The molecular formula is C21H23N7O3. The van der Waals surface area contributed by atoms with E-state index < -0.39 is 0 Å². The van der Waals surface area contributed by atoms with Gasteiger partial charge in [0, 0.05) is 12.0 Å². The lowest BCUT2D eigenvalue weighted by Gasteiger charge is -2.28. The van der Waals surface area contributed by atoms with Crippen LogP contribution in [-0.4, -0.2) is 39.6 Å². The van der Waals surface area contributed by atoms with E-state index in [9.17, 15) is 4.79 Å². The molecule has 10 heteroatoms. The van der Waals surface area contributed by atoms with Gasteiger partial charge >= 0.3 is 0 Å². The average Bonchev–Trinajstić information content (AvgIpc) is 2.73. The predicted molar refractivity (Wildman–Crippen MR) is 115 cm³/mol. The van der Waals surface area contributed by atoms with Crippen molar-refractivity contribution in [3.63, 3.8) is 0 Å². The monoisotopic (exact) mass is 421 g/mol. The van der Waals surface area contributed by atoms with Crippen LogP contribution in [0.2, 0.25) is 0 Å². The van der Waals surface area contributed by atoms with Gasteiger partial charge in [-0.25, -0.2) is 19.9 Å². The second-order valence-corrected chi connectivity index (χ2v) is 7.05. The summed E-state index contributed by atoms with van der Waals surface area (Å²) >= 11 is 0. The fourth-order valence-electron chi connectivity index (χ4n) is 3.74. The van der Waals surface area contributed by atoms with Gasteiger partial charge in [-0.15, -0.1) is 0 Å². The number of nitrogen functional groups attached to an aromatic ring is 2. The van der Waals surface area contributed by atoms with Gasteiger partial charge in [-0.1, -0.05) is 6.07 Å². The van der Waals surface area contributed by atoms with Crippen LogP contribution in [-0.2, 0) is 6.42 Å². The summed E-state index contributed by atoms with van der Waals surface area (Å²) in [5.74, 6) is 0.981. The standard InChI is InChI=1S/C21H23N7O3/c1-4-31-11-5-6-12(13(7-11)16-9-24-18(22)20(27-16)30-3)14-8-15-17(19(29)26-14)10(2)25-21(23)28-15/h5-7,9,14H,4,8H2,1-3H3,(H2,22,24)(H,26,29)(H2,23,25,28)/t14-/m1/s1. The number of rotatable bonds is 5. The molecule has 4 rings (SSSR count).